The number of rotatable bonds is 6. The van der Waals surface area contributed by atoms with Crippen LogP contribution in [0.4, 0.5) is 5.69 Å². The molecule has 0 aliphatic carbocycles. The topological polar surface area (TPSA) is 128 Å². The fraction of sp³-hybridized carbons (Fsp3) is 0.273. The zero-order valence-corrected chi connectivity index (χ0v) is 10.7. The molecule has 108 valence electrons. The summed E-state index contributed by atoms with van der Waals surface area (Å²) in [6.45, 7) is -0.648. The first-order valence-electron chi connectivity index (χ1n) is 5.31. The van der Waals surface area contributed by atoms with Crippen LogP contribution >= 0.6 is 0 Å². The third-order valence-electron chi connectivity index (χ3n) is 2.34. The molecule has 0 fully saturated rings. The quantitative estimate of drug-likeness (QED) is 0.572. The molecular formula is C11H12N2O7. The standard InChI is InChI=1S/C11H12N2O7/c1-19-8-3-6(11(16)12-5-10(14)15)7(13(17)18)4-9(8)20-2/h3-4H,5H2,1-2H3,(H,12,16)(H,14,15). The van der Waals surface area contributed by atoms with Crippen molar-refractivity contribution in [2.24, 2.45) is 0 Å². The van der Waals surface area contributed by atoms with Crippen LogP contribution in [-0.2, 0) is 4.79 Å². The van der Waals surface area contributed by atoms with Gasteiger partial charge in [-0.1, -0.05) is 0 Å². The number of nitro benzene ring substituents is 1. The minimum Gasteiger partial charge on any atom is -0.493 e. The second kappa shape index (κ2) is 6.36. The average Bonchev–Trinajstić information content (AvgIpc) is 2.42. The molecule has 0 aromatic heterocycles. The number of carboxylic acid groups (broad SMARTS) is 1. The number of amides is 1. The summed E-state index contributed by atoms with van der Waals surface area (Å²) in [7, 11) is 2.61. The molecule has 1 aromatic rings. The van der Waals surface area contributed by atoms with Gasteiger partial charge in [-0.3, -0.25) is 19.7 Å². The highest BCUT2D eigenvalue weighted by Crippen LogP contribution is 2.34. The highest BCUT2D eigenvalue weighted by molar-refractivity contribution is 6.00. The van der Waals surface area contributed by atoms with Gasteiger partial charge in [0.2, 0.25) is 0 Å². The van der Waals surface area contributed by atoms with E-state index in [0.29, 0.717) is 0 Å². The van der Waals surface area contributed by atoms with E-state index in [1.807, 2.05) is 5.32 Å². The average molecular weight is 284 g/mol. The fourth-order valence-corrected chi connectivity index (χ4v) is 1.45. The Labute approximate surface area is 113 Å². The van der Waals surface area contributed by atoms with Crippen LogP contribution in [0.15, 0.2) is 12.1 Å². The number of nitrogens with zero attached hydrogens (tertiary/aromatic N) is 1. The van der Waals surface area contributed by atoms with Gasteiger partial charge in [-0.15, -0.1) is 0 Å². The van der Waals surface area contributed by atoms with Gasteiger partial charge in [0.05, 0.1) is 25.2 Å². The fourth-order valence-electron chi connectivity index (χ4n) is 1.45. The van der Waals surface area contributed by atoms with Gasteiger partial charge in [0, 0.05) is 6.07 Å². The van der Waals surface area contributed by atoms with E-state index in [2.05, 4.69) is 0 Å². The third kappa shape index (κ3) is 3.34. The number of carbonyl (C=O) groups excluding carboxylic acids is 1. The Balaban J connectivity index is 3.25. The molecule has 9 nitrogen and oxygen atoms in total. The lowest BCUT2D eigenvalue weighted by atomic mass is 10.1. The number of ether oxygens (including phenoxy) is 2. The Morgan fingerprint density at radius 2 is 1.85 bits per heavy atom. The molecular weight excluding hydrogens is 272 g/mol. The summed E-state index contributed by atoms with van der Waals surface area (Å²) >= 11 is 0. The first-order chi connectivity index (χ1) is 9.40. The molecule has 0 heterocycles. The summed E-state index contributed by atoms with van der Waals surface area (Å²) in [5, 5.41) is 21.5. The summed E-state index contributed by atoms with van der Waals surface area (Å²) < 4.78 is 9.85. The number of methoxy groups -OCH3 is 2. The molecule has 0 unspecified atom stereocenters. The highest BCUT2D eigenvalue weighted by Gasteiger charge is 2.24. The Bertz CT molecular complexity index is 556. The van der Waals surface area contributed by atoms with E-state index in [9.17, 15) is 19.7 Å². The van der Waals surface area contributed by atoms with Crippen LogP contribution < -0.4 is 14.8 Å². The van der Waals surface area contributed by atoms with Gasteiger partial charge in [0.1, 0.15) is 12.1 Å². The molecule has 1 amide bonds. The van der Waals surface area contributed by atoms with Crippen molar-refractivity contribution >= 4 is 17.6 Å². The maximum atomic E-state index is 11.8. The Kier molecular flexibility index (Phi) is 4.84. The van der Waals surface area contributed by atoms with E-state index in [1.165, 1.54) is 14.2 Å². The molecule has 0 radical (unpaired) electrons. The number of carboxylic acids is 1. The van der Waals surface area contributed by atoms with Gasteiger partial charge in [0.25, 0.3) is 11.6 Å². The molecule has 0 spiro atoms. The predicted octanol–water partition coefficient (Wildman–Crippen LogP) is 0.426. The number of carbonyl (C=O) groups is 2. The van der Waals surface area contributed by atoms with Crippen LogP contribution in [0, 0.1) is 10.1 Å². The molecule has 1 rings (SSSR count). The van der Waals surface area contributed by atoms with Gasteiger partial charge in [-0.25, -0.2) is 0 Å². The van der Waals surface area contributed by atoms with E-state index >= 15 is 0 Å². The van der Waals surface area contributed by atoms with Crippen molar-refractivity contribution in [2.75, 3.05) is 20.8 Å². The van der Waals surface area contributed by atoms with Crippen molar-refractivity contribution in [3.63, 3.8) is 0 Å². The summed E-state index contributed by atoms with van der Waals surface area (Å²) in [4.78, 5) is 32.3. The molecule has 0 atom stereocenters. The lowest BCUT2D eigenvalue weighted by Gasteiger charge is -2.10. The number of aliphatic carboxylic acids is 1. The Morgan fingerprint density at radius 3 is 2.30 bits per heavy atom. The molecule has 2 N–H and O–H groups in total. The first-order valence-corrected chi connectivity index (χ1v) is 5.31. The third-order valence-corrected chi connectivity index (χ3v) is 2.34. The van der Waals surface area contributed by atoms with Crippen LogP contribution in [0.1, 0.15) is 10.4 Å². The summed E-state index contributed by atoms with van der Waals surface area (Å²) in [6, 6.07) is 2.16. The Morgan fingerprint density at radius 1 is 1.30 bits per heavy atom. The molecule has 0 aliphatic heterocycles. The maximum Gasteiger partial charge on any atom is 0.322 e. The van der Waals surface area contributed by atoms with Crippen molar-refractivity contribution < 1.29 is 29.1 Å². The smallest absolute Gasteiger partial charge is 0.322 e. The normalized spacial score (nSPS) is 9.70. The summed E-state index contributed by atoms with van der Waals surface area (Å²) in [6.07, 6.45) is 0. The van der Waals surface area contributed by atoms with Gasteiger partial charge in [-0.05, 0) is 0 Å². The number of benzene rings is 1. The van der Waals surface area contributed by atoms with Crippen LogP contribution in [0.5, 0.6) is 11.5 Å². The maximum absolute atomic E-state index is 11.8. The zero-order valence-electron chi connectivity index (χ0n) is 10.7. The molecule has 1 aromatic carbocycles. The largest absolute Gasteiger partial charge is 0.493 e. The van der Waals surface area contributed by atoms with Crippen LogP contribution in [0.25, 0.3) is 0 Å². The Hall–Kier alpha value is -2.84. The zero-order chi connectivity index (χ0) is 15.3. The molecule has 9 heteroatoms. The van der Waals surface area contributed by atoms with Crippen molar-refractivity contribution in [2.45, 2.75) is 0 Å². The number of nitrogens with one attached hydrogen (secondary N) is 1. The van der Waals surface area contributed by atoms with E-state index in [-0.39, 0.29) is 17.1 Å². The molecule has 20 heavy (non-hydrogen) atoms. The first kappa shape index (κ1) is 15.2. The molecule has 0 saturated heterocycles. The predicted molar refractivity (Wildman–Crippen MR) is 66.2 cm³/mol. The van der Waals surface area contributed by atoms with Gasteiger partial charge >= 0.3 is 5.97 Å². The lowest BCUT2D eigenvalue weighted by molar-refractivity contribution is -0.385. The van der Waals surface area contributed by atoms with Crippen molar-refractivity contribution in [1.82, 2.24) is 5.32 Å². The SMILES string of the molecule is COc1cc(C(=O)NCC(=O)O)c([N+](=O)[O-])cc1OC. The van der Waals surface area contributed by atoms with E-state index < -0.39 is 29.0 Å². The van der Waals surface area contributed by atoms with Crippen molar-refractivity contribution in [3.05, 3.63) is 27.8 Å². The van der Waals surface area contributed by atoms with Crippen LogP contribution in [0.2, 0.25) is 0 Å². The van der Waals surface area contributed by atoms with Crippen molar-refractivity contribution in [1.29, 1.82) is 0 Å². The number of nitro groups is 1. The minimum absolute atomic E-state index is 0.0917. The summed E-state index contributed by atoms with van der Waals surface area (Å²) in [5.74, 6) is -1.94. The van der Waals surface area contributed by atoms with Crippen LogP contribution in [0.3, 0.4) is 0 Å². The number of hydrogen-bond acceptors (Lipinski definition) is 6. The van der Waals surface area contributed by atoms with Gasteiger partial charge in [-0.2, -0.15) is 0 Å². The lowest BCUT2D eigenvalue weighted by Crippen LogP contribution is -2.29. The monoisotopic (exact) mass is 284 g/mol. The summed E-state index contributed by atoms with van der Waals surface area (Å²) in [5.41, 5.74) is -0.820. The molecule has 0 saturated carbocycles. The van der Waals surface area contributed by atoms with Crippen LogP contribution in [-0.4, -0.2) is 42.7 Å². The number of hydrogen-bond donors (Lipinski definition) is 2. The van der Waals surface area contributed by atoms with E-state index in [4.69, 9.17) is 14.6 Å². The van der Waals surface area contributed by atoms with Gasteiger partial charge < -0.3 is 19.9 Å². The minimum atomic E-state index is -1.26. The molecule has 0 bridgehead atoms. The second-order valence-electron chi connectivity index (χ2n) is 3.56. The van der Waals surface area contributed by atoms with E-state index in [1.54, 1.807) is 0 Å². The van der Waals surface area contributed by atoms with E-state index in [0.717, 1.165) is 12.1 Å². The highest BCUT2D eigenvalue weighted by atomic mass is 16.6. The van der Waals surface area contributed by atoms with Gasteiger partial charge in [0.15, 0.2) is 11.5 Å². The second-order valence-corrected chi connectivity index (χ2v) is 3.56. The molecule has 0 aliphatic rings. The van der Waals surface area contributed by atoms with Crippen molar-refractivity contribution in [3.8, 4) is 11.5 Å².